The lowest BCUT2D eigenvalue weighted by atomic mass is 9.98. The number of sulfonamides is 1. The highest BCUT2D eigenvalue weighted by Crippen LogP contribution is 2.52. The number of hydrogen-bond acceptors (Lipinski definition) is 20. The summed E-state index contributed by atoms with van der Waals surface area (Å²) in [6.45, 7) is 13.2. The normalized spacial score (nSPS) is 21.5. The number of para-hydroxylation sites is 6. The summed E-state index contributed by atoms with van der Waals surface area (Å²) in [5, 5.41) is 37.9. The Bertz CT molecular complexity index is 4520. The lowest BCUT2D eigenvalue weighted by Crippen LogP contribution is -2.60. The van der Waals surface area contributed by atoms with Crippen LogP contribution in [-0.4, -0.2) is 157 Å². The summed E-state index contributed by atoms with van der Waals surface area (Å²) in [6.07, 6.45) is -7.71. The van der Waals surface area contributed by atoms with E-state index >= 15 is 0 Å². The number of anilines is 6. The third-order valence-corrected chi connectivity index (χ3v) is 20.9. The molecule has 14 rings (SSSR count). The van der Waals surface area contributed by atoms with E-state index in [4.69, 9.17) is 85.2 Å². The zero-order valence-corrected chi connectivity index (χ0v) is 60.5. The number of nitrogens with one attached hydrogen (secondary N) is 1. The van der Waals surface area contributed by atoms with Gasteiger partial charge in [0.1, 0.15) is 5.75 Å². The van der Waals surface area contributed by atoms with E-state index < -0.39 is 79.7 Å². The van der Waals surface area contributed by atoms with Gasteiger partial charge in [-0.2, -0.15) is 0 Å². The zero-order chi connectivity index (χ0) is 73.9. The van der Waals surface area contributed by atoms with Crippen molar-refractivity contribution < 1.29 is 78.5 Å². The molecule has 23 nitrogen and oxygen atoms in total. The van der Waals surface area contributed by atoms with E-state index in [0.29, 0.717) is 80.8 Å². The van der Waals surface area contributed by atoms with Crippen molar-refractivity contribution in [3.8, 4) is 40.2 Å². The van der Waals surface area contributed by atoms with E-state index in [0.717, 1.165) is 52.6 Å². The van der Waals surface area contributed by atoms with Crippen molar-refractivity contribution in [3.05, 3.63) is 207 Å². The topological polar surface area (TPSA) is 293 Å². The lowest BCUT2D eigenvalue weighted by molar-refractivity contribution is -0.274. The van der Waals surface area contributed by atoms with Crippen molar-refractivity contribution in [1.82, 2.24) is 9.62 Å². The molecule has 0 unspecified atom stereocenters. The van der Waals surface area contributed by atoms with Crippen molar-refractivity contribution in [2.45, 2.75) is 98.4 Å². The minimum absolute atomic E-state index is 0.0826. The van der Waals surface area contributed by atoms with Crippen molar-refractivity contribution >= 4 is 98.7 Å². The molecule has 0 bridgehead atoms. The van der Waals surface area contributed by atoms with E-state index in [1.807, 2.05) is 82.3 Å². The second kappa shape index (κ2) is 34.4. The lowest BCUT2D eigenvalue weighted by Gasteiger charge is -2.44. The molecule has 0 aliphatic carbocycles. The smallest absolute Gasteiger partial charge is 0.453 e. The number of nitrogens with zero attached hydrogens (tertiary/aromatic N) is 7. The molecule has 8 aromatic rings. The number of halogens is 7. The van der Waals surface area contributed by atoms with Crippen LogP contribution >= 0.6 is 45.5 Å². The van der Waals surface area contributed by atoms with Crippen LogP contribution in [0.15, 0.2) is 191 Å². The Labute approximate surface area is 613 Å². The summed E-state index contributed by atoms with van der Waals surface area (Å²) >= 11 is 18.3. The quantitative estimate of drug-likeness (QED) is 0.0329. The number of fused-ring (bicyclic) bond motifs is 6. The Balaban J connectivity index is 0.000000151. The van der Waals surface area contributed by atoms with Crippen molar-refractivity contribution in [3.63, 3.8) is 0 Å². The predicted octanol–water partition coefficient (Wildman–Crippen LogP) is 14.6. The highest BCUT2D eigenvalue weighted by atomic mass is 35.7. The molecule has 6 aliphatic heterocycles. The van der Waals surface area contributed by atoms with Crippen molar-refractivity contribution in [2.24, 2.45) is 10.8 Å². The number of rotatable bonds is 12. The number of aliphatic hydroxyl groups is 3. The standard InChI is InChI=1S/C24H20ClF3N2O6S.C17H15ClN4O3.C17H17ClN2O3.C7H7ClO2S.C6H15N/c25-14-5-10-19-22(11-14)35-21-4-2-1-3-18(21)30(19)20-13-34-12-17(23(20)31)29-37(32,33)16-8-6-15(7-9-16)36-24(26,27)28;18-10-5-6-13-16(7-10)25-15-4-2-1-3-12(15)22(13)14-9-24-8-11(17(14)23)20-21-19;18-10-5-6-13-16(7-10)23-15-4-2-1-3-12(15)20(13)14-9-22-8-11(19)17(14)21;1-6-2-4-7(5-3-6)11(8,9)10;1-4-7(5-2)6-3/h1-11,17,20,23,29,31H,12-13H2;1-7,11,14,17,23H,8-9H2;1-7,11,14,17,21H,8-9,19H2;2-5H,1H3;4-6H2,1-3H3/t17-,20+,23+;2*11-,14+,17+;;/m111../s1. The van der Waals surface area contributed by atoms with Gasteiger partial charge in [0.15, 0.2) is 34.5 Å². The predicted molar refractivity (Wildman–Crippen MR) is 388 cm³/mol. The Kier molecular flexibility index (Phi) is 26.0. The fourth-order valence-corrected chi connectivity index (χ4v) is 14.6. The molecule has 6 heterocycles. The van der Waals surface area contributed by atoms with Crippen LogP contribution in [0.4, 0.5) is 47.3 Å². The Morgan fingerprint density at radius 2 is 0.942 bits per heavy atom. The number of nitrogens with two attached hydrogens (primary N) is 1. The van der Waals surface area contributed by atoms with Gasteiger partial charge in [-0.25, -0.2) is 21.6 Å². The van der Waals surface area contributed by atoms with Gasteiger partial charge in [0.05, 0.1) is 138 Å². The molecule has 103 heavy (non-hydrogen) atoms. The molecule has 9 atom stereocenters. The van der Waals surface area contributed by atoms with E-state index in [-0.39, 0.29) is 35.7 Å². The second-order valence-electron chi connectivity index (χ2n) is 24.0. The van der Waals surface area contributed by atoms with Crippen LogP contribution in [0.3, 0.4) is 0 Å². The third-order valence-electron chi connectivity index (χ3n) is 17.3. The van der Waals surface area contributed by atoms with Gasteiger partial charge in [0, 0.05) is 48.9 Å². The Morgan fingerprint density at radius 1 is 0.553 bits per heavy atom. The second-order valence-corrected chi connectivity index (χ2v) is 29.6. The highest BCUT2D eigenvalue weighted by Gasteiger charge is 2.44. The fourth-order valence-electron chi connectivity index (χ4n) is 12.1. The van der Waals surface area contributed by atoms with Gasteiger partial charge in [-0.05, 0) is 141 Å². The van der Waals surface area contributed by atoms with Crippen LogP contribution in [-0.2, 0) is 33.3 Å². The maximum atomic E-state index is 13.0. The first-order valence-corrected chi connectivity index (χ1v) is 37.4. The molecule has 6 N–H and O–H groups in total. The van der Waals surface area contributed by atoms with Crippen LogP contribution < -0.4 is 44.1 Å². The number of ether oxygens (including phenoxy) is 7. The molecule has 32 heteroatoms. The maximum Gasteiger partial charge on any atom is 0.573 e. The van der Waals surface area contributed by atoms with E-state index in [2.05, 4.69) is 45.2 Å². The van der Waals surface area contributed by atoms with Crippen molar-refractivity contribution in [2.75, 3.05) is 74.0 Å². The first-order valence-electron chi connectivity index (χ1n) is 32.5. The van der Waals surface area contributed by atoms with Gasteiger partial charge in [0.25, 0.3) is 9.05 Å². The summed E-state index contributed by atoms with van der Waals surface area (Å²) < 4.78 is 126. The number of alkyl halides is 3. The summed E-state index contributed by atoms with van der Waals surface area (Å²) in [5.74, 6) is 3.06. The van der Waals surface area contributed by atoms with Crippen LogP contribution in [0.2, 0.25) is 15.1 Å². The largest absolute Gasteiger partial charge is 0.573 e. The summed E-state index contributed by atoms with van der Waals surface area (Å²) in [5.41, 5.74) is 20.3. The molecule has 0 radical (unpaired) electrons. The minimum atomic E-state index is -4.90. The number of azide groups is 1. The first-order chi connectivity index (χ1) is 49.2. The van der Waals surface area contributed by atoms with Crippen LogP contribution in [0.1, 0.15) is 26.3 Å². The molecule has 548 valence electrons. The summed E-state index contributed by atoms with van der Waals surface area (Å²) in [4.78, 5) is 10.9. The van der Waals surface area contributed by atoms with Gasteiger partial charge in [-0.15, -0.1) is 13.2 Å². The number of aliphatic hydroxyl groups excluding tert-OH is 3. The molecule has 3 fully saturated rings. The average Bonchev–Trinajstić information content (AvgIpc) is 0.782. The van der Waals surface area contributed by atoms with E-state index in [9.17, 15) is 45.3 Å². The van der Waals surface area contributed by atoms with E-state index in [1.54, 1.807) is 78.9 Å². The Morgan fingerprint density at radius 3 is 1.35 bits per heavy atom. The zero-order valence-electron chi connectivity index (χ0n) is 55.8. The number of hydrogen-bond donors (Lipinski definition) is 5. The van der Waals surface area contributed by atoms with Crippen LogP contribution in [0, 0.1) is 6.92 Å². The minimum Gasteiger partial charge on any atom is -0.453 e. The summed E-state index contributed by atoms with van der Waals surface area (Å²) in [7, 11) is -2.69. The molecule has 0 saturated carbocycles. The van der Waals surface area contributed by atoms with Gasteiger partial charge < -0.3 is 73.8 Å². The van der Waals surface area contributed by atoms with Crippen LogP contribution in [0.5, 0.6) is 40.2 Å². The number of aryl methyl sites for hydroxylation is 1. The molecule has 6 aliphatic rings. The molecular formula is C71H74Cl4F3N9O14S2. The van der Waals surface area contributed by atoms with Crippen molar-refractivity contribution in [1.29, 1.82) is 0 Å². The van der Waals surface area contributed by atoms with Crippen LogP contribution in [0.25, 0.3) is 10.4 Å². The monoisotopic (exact) mass is 1540 g/mol. The summed E-state index contributed by atoms with van der Waals surface area (Å²) in [6, 6.07) is 44.9. The SMILES string of the molecule is CCN(CC)CC.Cc1ccc(S(=O)(=O)Cl)cc1.N[C@@H]1COC[C@H](N2c3ccccc3Oc3cc(Cl)ccc32)[C@H]1O.O=S(=O)(N[C@@H]1COC[C@H](N2c3ccccc3Oc3cc(Cl)ccc32)[C@H]1O)c1ccc(OC(F)(F)F)cc1.[N-]=[N+]=N[C@@H]1COC[C@H](N2c3ccccc3Oc3cc(Cl)ccc32)[C@H]1O. The number of benzene rings is 8. The molecular weight excluding hydrogens is 1470 g/mol. The molecule has 0 aromatic heterocycles. The highest BCUT2D eigenvalue weighted by molar-refractivity contribution is 8.13. The molecule has 0 amide bonds. The maximum absolute atomic E-state index is 13.0. The average molecular weight is 1540 g/mol. The first kappa shape index (κ1) is 77.8. The van der Waals surface area contributed by atoms with Gasteiger partial charge in [-0.3, -0.25) is 0 Å². The van der Waals surface area contributed by atoms with Gasteiger partial charge >= 0.3 is 6.36 Å². The molecule has 8 aromatic carbocycles. The van der Waals surface area contributed by atoms with E-state index in [1.165, 1.54) is 31.8 Å². The van der Waals surface area contributed by atoms with Gasteiger partial charge in [-0.1, -0.05) is 115 Å². The molecule has 0 spiro atoms. The fraction of sp³-hybridized carbons (Fsp3) is 0.324. The molecule has 3 saturated heterocycles. The van der Waals surface area contributed by atoms with Gasteiger partial charge in [0.2, 0.25) is 10.0 Å². The third kappa shape index (κ3) is 19.0. The Hall–Kier alpha value is -7.84.